The van der Waals surface area contributed by atoms with Crippen LogP contribution in [0, 0.1) is 5.92 Å². The van der Waals surface area contributed by atoms with E-state index in [1.807, 2.05) is 0 Å². The highest BCUT2D eigenvalue weighted by atomic mass is 79.9. The van der Waals surface area contributed by atoms with Crippen LogP contribution in [0.2, 0.25) is 0 Å². The van der Waals surface area contributed by atoms with Crippen LogP contribution in [0.1, 0.15) is 6.42 Å². The Morgan fingerprint density at radius 1 is 1.62 bits per heavy atom. The number of alkyl halides is 2. The molecule has 0 N–H and O–H groups in total. The number of halogens is 3. The fourth-order valence-corrected chi connectivity index (χ4v) is 3.97. The van der Waals surface area contributed by atoms with Crippen molar-refractivity contribution in [1.82, 2.24) is 0 Å². The minimum absolute atomic E-state index is 0.327. The summed E-state index contributed by atoms with van der Waals surface area (Å²) < 4.78 is 8.53. The Morgan fingerprint density at radius 3 is 2.81 bits per heavy atom. The summed E-state index contributed by atoms with van der Waals surface area (Å²) >= 11 is 9.90. The Morgan fingerprint density at radius 2 is 2.25 bits per heavy atom. The van der Waals surface area contributed by atoms with Gasteiger partial charge in [-0.2, -0.15) is 0 Å². The first kappa shape index (κ1) is 12.6. The van der Waals surface area contributed by atoms with Crippen molar-refractivity contribution in [1.29, 1.82) is 0 Å². The highest BCUT2D eigenvalue weighted by Crippen LogP contribution is 2.55. The summed E-state index contributed by atoms with van der Waals surface area (Å²) in [6.07, 6.45) is 1.96. The summed E-state index contributed by atoms with van der Waals surface area (Å²) in [4.78, 5) is 23.4. The van der Waals surface area contributed by atoms with Gasteiger partial charge in [0.2, 0.25) is 0 Å². The molecule has 0 unspecified atom stereocenters. The molecule has 0 aromatic rings. The molecule has 0 amide bonds. The molecule has 3 atom stereocenters. The van der Waals surface area contributed by atoms with E-state index < -0.39 is 26.7 Å². The number of fused-ring (bicyclic) bond motifs is 2. The zero-order valence-corrected chi connectivity index (χ0v) is 12.9. The maximum absolute atomic E-state index is 11.8. The minimum Gasteiger partial charge on any atom is -0.469 e. The molecule has 2 heterocycles. The third kappa shape index (κ3) is 1.59. The summed E-state index contributed by atoms with van der Waals surface area (Å²) in [5.74, 6) is -1.53. The lowest BCUT2D eigenvalue weighted by atomic mass is 9.80. The highest BCUT2D eigenvalue weighted by Gasteiger charge is 2.62. The Labute approximate surface area is 117 Å². The average Bonchev–Trinajstić information content (AvgIpc) is 2.21. The van der Waals surface area contributed by atoms with Crippen molar-refractivity contribution in [3.63, 3.8) is 0 Å². The van der Waals surface area contributed by atoms with Crippen molar-refractivity contribution >= 4 is 59.7 Å². The van der Waals surface area contributed by atoms with Gasteiger partial charge >= 0.3 is 11.9 Å². The molecule has 4 nitrogen and oxygen atoms in total. The summed E-state index contributed by atoms with van der Waals surface area (Å²) in [5.41, 5.74) is 0. The topological polar surface area (TPSA) is 52.6 Å². The van der Waals surface area contributed by atoms with Crippen LogP contribution in [-0.4, -0.2) is 27.9 Å². The Hall–Kier alpha value is 0.120. The molecule has 88 valence electrons. The number of ether oxygens (including phenoxy) is 2. The second kappa shape index (κ2) is 3.81. The van der Waals surface area contributed by atoms with Crippen LogP contribution in [0.3, 0.4) is 0 Å². The SMILES string of the molecule is COC(=O)[C@@H]1C[C@]2(Br)OC(=O)[C@@]1(Br)C=C2Br. The normalized spacial score (nSPS) is 41.4. The largest absolute Gasteiger partial charge is 0.469 e. The molecule has 0 spiro atoms. The quantitative estimate of drug-likeness (QED) is 0.484. The second-order valence-corrected chi connectivity index (χ2v) is 7.11. The molecule has 3 aliphatic rings. The lowest BCUT2D eigenvalue weighted by Gasteiger charge is -2.47. The fraction of sp³-hybridized carbons (Fsp3) is 0.556. The summed E-state index contributed by atoms with van der Waals surface area (Å²) in [6.45, 7) is 0. The van der Waals surface area contributed by atoms with Crippen molar-refractivity contribution in [2.75, 3.05) is 7.11 Å². The molecule has 2 bridgehead atoms. The van der Waals surface area contributed by atoms with Crippen molar-refractivity contribution in [3.05, 3.63) is 10.6 Å². The van der Waals surface area contributed by atoms with Gasteiger partial charge in [-0.15, -0.1) is 0 Å². The maximum Gasteiger partial charge on any atom is 0.329 e. The van der Waals surface area contributed by atoms with E-state index in [1.165, 1.54) is 7.11 Å². The average molecular weight is 419 g/mol. The van der Waals surface area contributed by atoms with Crippen LogP contribution in [-0.2, 0) is 19.1 Å². The zero-order valence-electron chi connectivity index (χ0n) is 8.13. The zero-order chi connectivity index (χ0) is 12.1. The van der Waals surface area contributed by atoms with E-state index in [0.29, 0.717) is 10.9 Å². The molecule has 1 fully saturated rings. The van der Waals surface area contributed by atoms with Gasteiger partial charge in [-0.05, 0) is 22.0 Å². The molecule has 0 aromatic carbocycles. The Bertz CT molecular complexity index is 408. The lowest BCUT2D eigenvalue weighted by Crippen LogP contribution is -2.58. The van der Waals surface area contributed by atoms with Crippen molar-refractivity contribution in [2.45, 2.75) is 15.3 Å². The first-order valence-electron chi connectivity index (χ1n) is 4.41. The number of rotatable bonds is 1. The van der Waals surface area contributed by atoms with Crippen LogP contribution in [0.15, 0.2) is 10.6 Å². The number of carbonyl (C=O) groups is 2. The lowest BCUT2D eigenvalue weighted by molar-refractivity contribution is -0.169. The van der Waals surface area contributed by atoms with Gasteiger partial charge in [0.1, 0.15) is 0 Å². The van der Waals surface area contributed by atoms with Crippen LogP contribution < -0.4 is 0 Å². The van der Waals surface area contributed by atoms with Gasteiger partial charge < -0.3 is 9.47 Å². The van der Waals surface area contributed by atoms with Gasteiger partial charge in [-0.1, -0.05) is 31.9 Å². The maximum atomic E-state index is 11.8. The summed E-state index contributed by atoms with van der Waals surface area (Å²) in [7, 11) is 1.30. The number of hydrogen-bond donors (Lipinski definition) is 0. The third-order valence-electron chi connectivity index (χ3n) is 2.72. The first-order valence-corrected chi connectivity index (χ1v) is 6.79. The molecule has 2 aliphatic heterocycles. The van der Waals surface area contributed by atoms with Gasteiger partial charge in [0.15, 0.2) is 8.83 Å². The molecule has 3 rings (SSSR count). The monoisotopic (exact) mass is 416 g/mol. The van der Waals surface area contributed by atoms with E-state index in [4.69, 9.17) is 9.47 Å². The van der Waals surface area contributed by atoms with Gasteiger partial charge in [-0.3, -0.25) is 9.59 Å². The molecule has 1 saturated heterocycles. The van der Waals surface area contributed by atoms with Gasteiger partial charge in [0.25, 0.3) is 0 Å². The number of carbonyl (C=O) groups excluding carboxylic acids is 2. The van der Waals surface area contributed by atoms with Crippen LogP contribution in [0.25, 0.3) is 0 Å². The molecule has 7 heteroatoms. The molecular weight excluding hydrogens is 412 g/mol. The van der Waals surface area contributed by atoms with E-state index in [9.17, 15) is 9.59 Å². The Kier molecular flexibility index (Phi) is 3.00. The highest BCUT2D eigenvalue weighted by molar-refractivity contribution is 9.14. The number of methoxy groups -OCH3 is 1. The van der Waals surface area contributed by atoms with Crippen molar-refractivity contribution < 1.29 is 19.1 Å². The van der Waals surface area contributed by atoms with Gasteiger partial charge in [-0.25, -0.2) is 0 Å². The summed E-state index contributed by atoms with van der Waals surface area (Å²) in [5, 5.41) is 0. The van der Waals surface area contributed by atoms with Crippen molar-refractivity contribution in [3.8, 4) is 0 Å². The predicted octanol–water partition coefficient (Wildman–Crippen LogP) is 2.24. The van der Waals surface area contributed by atoms with Gasteiger partial charge in [0.05, 0.1) is 13.0 Å². The van der Waals surface area contributed by atoms with E-state index >= 15 is 0 Å². The molecule has 0 radical (unpaired) electrons. The summed E-state index contributed by atoms with van der Waals surface area (Å²) in [6, 6.07) is 0. The smallest absolute Gasteiger partial charge is 0.329 e. The van der Waals surface area contributed by atoms with Crippen molar-refractivity contribution in [2.24, 2.45) is 5.92 Å². The molecule has 0 saturated carbocycles. The second-order valence-electron chi connectivity index (χ2n) is 3.66. The molecular formula is C9H7Br3O4. The molecule has 0 aromatic heterocycles. The van der Waals surface area contributed by atoms with E-state index in [0.717, 1.165) is 0 Å². The fourth-order valence-electron chi connectivity index (χ4n) is 1.82. The standard InChI is InChI=1S/C9H7Br3O4/c1-15-6(13)4-2-9(12)5(10)3-8(4,11)7(14)16-9/h3-4H,2H2,1H3/t4-,8+,9-/m0/s1. The number of esters is 2. The molecule has 1 aliphatic carbocycles. The van der Waals surface area contributed by atoms with E-state index in [-0.39, 0.29) is 0 Å². The first-order chi connectivity index (χ1) is 7.33. The molecule has 16 heavy (non-hydrogen) atoms. The van der Waals surface area contributed by atoms with Gasteiger partial charge in [0, 0.05) is 10.9 Å². The minimum atomic E-state index is -1.13. The van der Waals surface area contributed by atoms with Crippen LogP contribution in [0.5, 0.6) is 0 Å². The Balaban J connectivity index is 2.49. The van der Waals surface area contributed by atoms with E-state index in [2.05, 4.69) is 47.8 Å². The van der Waals surface area contributed by atoms with Crippen LogP contribution in [0.4, 0.5) is 0 Å². The predicted molar refractivity (Wildman–Crippen MR) is 66.5 cm³/mol. The third-order valence-corrected chi connectivity index (χ3v) is 6.14. The van der Waals surface area contributed by atoms with E-state index in [1.54, 1.807) is 6.08 Å². The van der Waals surface area contributed by atoms with Crippen LogP contribution >= 0.6 is 47.8 Å². The number of hydrogen-bond acceptors (Lipinski definition) is 4.